The maximum absolute atomic E-state index is 11.4. The monoisotopic (exact) mass is 288 g/mol. The van der Waals surface area contributed by atoms with Crippen LogP contribution in [0.4, 0.5) is 0 Å². The minimum Gasteiger partial charge on any atom is -0.345 e. The second-order valence-electron chi connectivity index (χ2n) is 3.30. The first-order valence-corrected chi connectivity index (χ1v) is 6.12. The average Bonchev–Trinajstić information content (AvgIpc) is 2.58. The number of thiophene rings is 1. The van der Waals surface area contributed by atoms with E-state index in [-0.39, 0.29) is 18.4 Å². The van der Waals surface area contributed by atoms with Crippen LogP contribution in [-0.2, 0) is 16.0 Å². The molecular formula is C9H9BrN2O2S. The standard InChI is InChI=1S/C9H9BrN2O2S/c10-7-2-5(4-15-7)1-6-9(14)11-3-8(13)12-6/h2,4,6H,1,3H2,(H,11,14)(H,12,13)/t6-/m1/s1. The number of nitrogens with one attached hydrogen (secondary N) is 2. The molecule has 0 radical (unpaired) electrons. The number of rotatable bonds is 2. The van der Waals surface area contributed by atoms with Crippen molar-refractivity contribution in [1.29, 1.82) is 0 Å². The molecule has 1 aliphatic heterocycles. The molecule has 2 heterocycles. The van der Waals surface area contributed by atoms with Crippen LogP contribution in [-0.4, -0.2) is 24.4 Å². The molecule has 1 saturated heterocycles. The molecule has 0 bridgehead atoms. The Kier molecular flexibility index (Phi) is 3.06. The van der Waals surface area contributed by atoms with Crippen LogP contribution in [0.2, 0.25) is 0 Å². The molecule has 2 amide bonds. The van der Waals surface area contributed by atoms with Crippen LogP contribution in [0.1, 0.15) is 5.56 Å². The van der Waals surface area contributed by atoms with Crippen LogP contribution in [0, 0.1) is 0 Å². The molecule has 1 atom stereocenters. The van der Waals surface area contributed by atoms with Gasteiger partial charge < -0.3 is 10.6 Å². The number of piperazine rings is 1. The smallest absolute Gasteiger partial charge is 0.243 e. The number of halogens is 1. The van der Waals surface area contributed by atoms with Gasteiger partial charge in [0.15, 0.2) is 0 Å². The topological polar surface area (TPSA) is 58.2 Å². The Labute approximate surface area is 99.2 Å². The lowest BCUT2D eigenvalue weighted by Crippen LogP contribution is -2.56. The van der Waals surface area contributed by atoms with E-state index in [4.69, 9.17) is 0 Å². The van der Waals surface area contributed by atoms with E-state index in [0.29, 0.717) is 6.42 Å². The zero-order valence-corrected chi connectivity index (χ0v) is 10.2. The lowest BCUT2D eigenvalue weighted by molar-refractivity contribution is -0.133. The summed E-state index contributed by atoms with van der Waals surface area (Å²) in [7, 11) is 0. The molecule has 1 aromatic heterocycles. The maximum Gasteiger partial charge on any atom is 0.243 e. The average molecular weight is 289 g/mol. The molecule has 1 fully saturated rings. The van der Waals surface area contributed by atoms with Gasteiger partial charge in [-0.25, -0.2) is 0 Å². The molecule has 2 N–H and O–H groups in total. The van der Waals surface area contributed by atoms with Crippen molar-refractivity contribution in [2.45, 2.75) is 12.5 Å². The number of hydrogen-bond acceptors (Lipinski definition) is 3. The molecule has 2 rings (SSSR count). The summed E-state index contributed by atoms with van der Waals surface area (Å²) in [6.07, 6.45) is 0.541. The van der Waals surface area contributed by atoms with Crippen LogP contribution in [0.15, 0.2) is 15.2 Å². The number of carbonyl (C=O) groups excluding carboxylic acids is 2. The molecule has 0 aliphatic carbocycles. The van der Waals surface area contributed by atoms with Gasteiger partial charge in [0.1, 0.15) is 6.04 Å². The lowest BCUT2D eigenvalue weighted by atomic mass is 10.1. The molecule has 0 unspecified atom stereocenters. The van der Waals surface area contributed by atoms with Gasteiger partial charge in [-0.15, -0.1) is 11.3 Å². The van der Waals surface area contributed by atoms with E-state index in [0.717, 1.165) is 9.35 Å². The molecule has 0 aromatic carbocycles. The van der Waals surface area contributed by atoms with E-state index in [9.17, 15) is 9.59 Å². The zero-order chi connectivity index (χ0) is 10.8. The Morgan fingerprint density at radius 1 is 1.53 bits per heavy atom. The second kappa shape index (κ2) is 4.32. The van der Waals surface area contributed by atoms with Gasteiger partial charge in [0.25, 0.3) is 0 Å². The molecule has 0 spiro atoms. The summed E-state index contributed by atoms with van der Waals surface area (Å²) < 4.78 is 1.03. The third-order valence-electron chi connectivity index (χ3n) is 2.14. The van der Waals surface area contributed by atoms with Crippen molar-refractivity contribution in [2.24, 2.45) is 0 Å². The van der Waals surface area contributed by atoms with Crippen LogP contribution in [0.25, 0.3) is 0 Å². The van der Waals surface area contributed by atoms with Crippen molar-refractivity contribution < 1.29 is 9.59 Å². The first-order chi connectivity index (χ1) is 7.15. The Morgan fingerprint density at radius 3 is 3.00 bits per heavy atom. The summed E-state index contributed by atoms with van der Waals surface area (Å²) in [5.74, 6) is -0.245. The highest BCUT2D eigenvalue weighted by Crippen LogP contribution is 2.21. The summed E-state index contributed by atoms with van der Waals surface area (Å²) in [5, 5.41) is 7.18. The van der Waals surface area contributed by atoms with Crippen molar-refractivity contribution in [1.82, 2.24) is 10.6 Å². The van der Waals surface area contributed by atoms with E-state index >= 15 is 0 Å². The Morgan fingerprint density at radius 2 is 2.33 bits per heavy atom. The molecule has 1 aromatic rings. The normalized spacial score (nSPS) is 21.0. The fourth-order valence-electron chi connectivity index (χ4n) is 1.43. The quantitative estimate of drug-likeness (QED) is 0.840. The fraction of sp³-hybridized carbons (Fsp3) is 0.333. The van der Waals surface area contributed by atoms with Crippen molar-refractivity contribution in [3.05, 3.63) is 20.8 Å². The lowest BCUT2D eigenvalue weighted by Gasteiger charge is -2.22. The van der Waals surface area contributed by atoms with Gasteiger partial charge in [0, 0.05) is 6.42 Å². The second-order valence-corrected chi connectivity index (χ2v) is 5.59. The van der Waals surface area contributed by atoms with Crippen molar-refractivity contribution in [3.63, 3.8) is 0 Å². The molecule has 1 aliphatic rings. The van der Waals surface area contributed by atoms with Gasteiger partial charge in [0.05, 0.1) is 10.3 Å². The van der Waals surface area contributed by atoms with E-state index < -0.39 is 6.04 Å². The molecule has 0 saturated carbocycles. The Hall–Kier alpha value is -0.880. The molecule has 6 heteroatoms. The van der Waals surface area contributed by atoms with Gasteiger partial charge in [-0.2, -0.15) is 0 Å². The Balaban J connectivity index is 2.04. The highest BCUT2D eigenvalue weighted by Gasteiger charge is 2.25. The van der Waals surface area contributed by atoms with Gasteiger partial charge in [-0.05, 0) is 32.9 Å². The minimum atomic E-state index is -0.437. The number of hydrogen-bond donors (Lipinski definition) is 2. The van der Waals surface area contributed by atoms with Gasteiger partial charge in [-0.1, -0.05) is 0 Å². The predicted molar refractivity (Wildman–Crippen MR) is 60.7 cm³/mol. The van der Waals surface area contributed by atoms with E-state index in [1.807, 2.05) is 11.4 Å². The fourth-order valence-corrected chi connectivity index (χ4v) is 2.66. The molecule has 15 heavy (non-hydrogen) atoms. The first kappa shape index (κ1) is 10.6. The number of carbonyl (C=O) groups is 2. The first-order valence-electron chi connectivity index (χ1n) is 4.45. The SMILES string of the molecule is O=C1CNC(=O)[C@@H](Cc2csc(Br)c2)N1. The van der Waals surface area contributed by atoms with E-state index in [2.05, 4.69) is 26.6 Å². The third kappa shape index (κ3) is 2.57. The largest absolute Gasteiger partial charge is 0.345 e. The minimum absolute atomic E-state index is 0.0860. The van der Waals surface area contributed by atoms with Crippen molar-refractivity contribution in [2.75, 3.05) is 6.54 Å². The molecule has 80 valence electrons. The summed E-state index contributed by atoms with van der Waals surface area (Å²) >= 11 is 4.92. The summed E-state index contributed by atoms with van der Waals surface area (Å²) in [6, 6.07) is 1.52. The van der Waals surface area contributed by atoms with E-state index in [1.165, 1.54) is 0 Å². The summed E-state index contributed by atoms with van der Waals surface area (Å²) in [6.45, 7) is 0.0860. The van der Waals surface area contributed by atoms with Crippen molar-refractivity contribution in [3.8, 4) is 0 Å². The summed E-state index contributed by atoms with van der Waals surface area (Å²) in [4.78, 5) is 22.5. The maximum atomic E-state index is 11.4. The number of amides is 2. The molecular weight excluding hydrogens is 280 g/mol. The van der Waals surface area contributed by atoms with E-state index in [1.54, 1.807) is 11.3 Å². The van der Waals surface area contributed by atoms with Crippen LogP contribution in [0.3, 0.4) is 0 Å². The predicted octanol–water partition coefficient (Wildman–Crippen LogP) is 0.668. The highest BCUT2D eigenvalue weighted by molar-refractivity contribution is 9.11. The summed E-state index contributed by atoms with van der Waals surface area (Å²) in [5.41, 5.74) is 1.05. The molecule has 4 nitrogen and oxygen atoms in total. The van der Waals surface area contributed by atoms with Gasteiger partial charge in [0.2, 0.25) is 11.8 Å². The van der Waals surface area contributed by atoms with Gasteiger partial charge >= 0.3 is 0 Å². The van der Waals surface area contributed by atoms with Gasteiger partial charge in [-0.3, -0.25) is 9.59 Å². The van der Waals surface area contributed by atoms with Crippen LogP contribution >= 0.6 is 27.3 Å². The highest BCUT2D eigenvalue weighted by atomic mass is 79.9. The van der Waals surface area contributed by atoms with Crippen LogP contribution in [0.5, 0.6) is 0 Å². The Bertz CT molecular complexity index is 405. The zero-order valence-electron chi connectivity index (χ0n) is 7.75. The van der Waals surface area contributed by atoms with Crippen molar-refractivity contribution >= 4 is 39.1 Å². The third-order valence-corrected chi connectivity index (χ3v) is 3.69. The van der Waals surface area contributed by atoms with Crippen LogP contribution < -0.4 is 10.6 Å².